The fraction of sp³-hybridized carbons (Fsp3) is 0.179. The molecular weight excluding hydrogens is 1650 g/mol. The number of ketones is 3. The molecule has 0 spiro atoms. The maximum absolute atomic E-state index is 13.1. The summed E-state index contributed by atoms with van der Waals surface area (Å²) in [5.74, 6) is 26.6. The van der Waals surface area contributed by atoms with Gasteiger partial charge in [-0.05, 0) is 275 Å². The van der Waals surface area contributed by atoms with E-state index in [-0.39, 0.29) is 41.5 Å². The number of hydrogen-bond acceptors (Lipinski definition) is 18. The smallest absolute Gasteiger partial charge is 0.256 e. The average Bonchev–Trinajstić information content (AvgIpc) is 1.35. The van der Waals surface area contributed by atoms with E-state index in [1.54, 1.807) is 76.8 Å². The number of aromatic nitrogens is 12. The fourth-order valence-corrected chi connectivity index (χ4v) is 15.0. The molecule has 16 aromatic rings. The second-order valence-corrected chi connectivity index (χ2v) is 32.3. The number of nitrogens with one attached hydrogen (secondary N) is 4. The summed E-state index contributed by atoms with van der Waals surface area (Å²) >= 11 is 0. The maximum Gasteiger partial charge on any atom is 0.256 e. The Bertz CT molecular complexity index is 7490. The van der Waals surface area contributed by atoms with Crippen LogP contribution in [0.2, 0.25) is 0 Å². The number of nitrogens with two attached hydrogens (primary N) is 3. The summed E-state index contributed by atoms with van der Waals surface area (Å²) < 4.78 is 7.16. The van der Waals surface area contributed by atoms with Gasteiger partial charge in [-0.15, -0.1) is 0 Å². The molecule has 0 bridgehead atoms. The number of likely N-dealkylation sites (tertiary alicyclic amines) is 1. The molecule has 1 fully saturated rings. The van der Waals surface area contributed by atoms with Crippen LogP contribution in [0.3, 0.4) is 0 Å². The Balaban J connectivity index is 0.000000135. The molecule has 10 aromatic heterocycles. The van der Waals surface area contributed by atoms with Gasteiger partial charge < -0.3 is 33.2 Å². The summed E-state index contributed by atoms with van der Waals surface area (Å²) in [6.07, 6.45) is 21.4. The highest BCUT2D eigenvalue weighted by Gasteiger charge is 2.20. The minimum absolute atomic E-state index is 0.0232. The number of guanidine groups is 2. The normalized spacial score (nSPS) is 11.8. The summed E-state index contributed by atoms with van der Waals surface area (Å²) in [4.78, 5) is 88.6. The number of anilines is 2. The highest BCUT2D eigenvalue weighted by atomic mass is 16.2. The molecule has 654 valence electrons. The first kappa shape index (κ1) is 89.7. The molecule has 1 amide bonds. The van der Waals surface area contributed by atoms with E-state index in [9.17, 15) is 19.2 Å². The monoisotopic (exact) mass is 1740 g/mol. The zero-order chi connectivity index (χ0) is 92.3. The first-order valence-corrected chi connectivity index (χ1v) is 43.1. The number of imidazole rings is 4. The van der Waals surface area contributed by atoms with Crippen LogP contribution in [0.25, 0.3) is 22.6 Å². The van der Waals surface area contributed by atoms with Gasteiger partial charge in [-0.3, -0.25) is 48.3 Å². The number of aliphatic imine (C=N–C) groups is 2. The van der Waals surface area contributed by atoms with Crippen molar-refractivity contribution in [3.05, 3.63) is 384 Å². The summed E-state index contributed by atoms with van der Waals surface area (Å²) in [6, 6.07) is 57.2. The number of rotatable bonds is 17. The topological polar surface area (TPSA) is 355 Å². The van der Waals surface area contributed by atoms with Gasteiger partial charge in [0.1, 0.15) is 34.3 Å². The number of pyridine rings is 4. The van der Waals surface area contributed by atoms with E-state index < -0.39 is 0 Å². The quantitative estimate of drug-likeness (QED) is 0.0193. The molecular formula is C106H96N22O4. The highest BCUT2D eigenvalue weighted by Crippen LogP contribution is 2.26. The Labute approximate surface area is 764 Å². The maximum atomic E-state index is 13.1. The number of fused-ring (bicyclic) bond motifs is 4. The number of hydrogen-bond donors (Lipinski definition) is 7. The van der Waals surface area contributed by atoms with Crippen molar-refractivity contribution in [1.82, 2.24) is 68.2 Å². The van der Waals surface area contributed by atoms with Crippen molar-refractivity contribution in [2.75, 3.05) is 36.8 Å². The lowest BCUT2D eigenvalue weighted by Gasteiger charge is -2.17. The highest BCUT2D eigenvalue weighted by molar-refractivity contribution is 6.04. The van der Waals surface area contributed by atoms with Crippen LogP contribution in [0.15, 0.2) is 254 Å². The van der Waals surface area contributed by atoms with Crippen LogP contribution in [0.1, 0.15) is 172 Å². The van der Waals surface area contributed by atoms with Crippen molar-refractivity contribution >= 4 is 80.8 Å². The number of carbonyl (C=O) groups is 4. The van der Waals surface area contributed by atoms with E-state index in [1.807, 2.05) is 215 Å². The van der Waals surface area contributed by atoms with E-state index in [2.05, 4.69) is 143 Å². The van der Waals surface area contributed by atoms with E-state index in [0.717, 1.165) is 143 Å². The molecule has 132 heavy (non-hydrogen) atoms. The first-order valence-electron chi connectivity index (χ1n) is 43.1. The molecule has 26 nitrogen and oxygen atoms in total. The standard InChI is InChI=1S/C29H28N4O.C27H24N6O.C26H23N5O.C24H21N7O/c1-21-7-9-25(18-24(21)11-12-27-19-30-29-6-5-13-31-33(27)29)28(34)17-23-8-10-26(22(2)16-23)20-32-14-3-4-15-32;1-18-9-10-28-22(14-18)16-25(34)21-6-5-19(2)20(15-21)7-8-23-17-31-26-24(4-3-13-33(23)26)32-27-29-11-12-30-27;1-17-5-7-22(24(32)13-19-6-8-21(15-25(27)28)18(2)12-19)14-20(17)9-10-23-16-29-26-4-3-11-30-31(23)26;1-15-9-10-27-21(12-15)30-23(32)18-6-5-16(2)17(13-18)7-8-19-14-28-22-20(29-24(25)26)4-3-11-31(19)22/h5-10,13,16,18-19H,3-4,14-15,17,20H2,1-2H3;3-6,9-10,13-15,17H,11-12,16H2,1-2H3,(H2,29,30,32);3-8,11-12,14,16H,13,15H2,1-2H3,(H3,27,28);3-6,9-14H,1-2H3,(H4,25,26,29)(H,27,30,32). The number of carbonyl (C=O) groups excluding carboxylic acids is 4. The van der Waals surface area contributed by atoms with Crippen LogP contribution in [-0.2, 0) is 32.2 Å². The van der Waals surface area contributed by atoms with Crippen LogP contribution in [0.4, 0.5) is 17.2 Å². The molecule has 2 aliphatic heterocycles. The minimum atomic E-state index is -0.247. The van der Waals surface area contributed by atoms with Crippen molar-refractivity contribution in [2.24, 2.45) is 27.2 Å². The molecule has 0 radical (unpaired) electrons. The molecule has 12 heterocycles. The van der Waals surface area contributed by atoms with Crippen LogP contribution in [0, 0.1) is 108 Å². The van der Waals surface area contributed by atoms with E-state index >= 15 is 0 Å². The number of benzene rings is 6. The van der Waals surface area contributed by atoms with Gasteiger partial charge in [0, 0.05) is 120 Å². The van der Waals surface area contributed by atoms with Crippen LogP contribution in [-0.4, -0.2) is 130 Å². The van der Waals surface area contributed by atoms with E-state index in [4.69, 9.17) is 22.6 Å². The number of Topliss-reactive ketones (excluding diaryl/α,β-unsaturated/α-hetero) is 3. The van der Waals surface area contributed by atoms with Crippen molar-refractivity contribution in [2.45, 2.75) is 100 Å². The van der Waals surface area contributed by atoms with Gasteiger partial charge in [-0.2, -0.15) is 10.2 Å². The molecule has 0 aliphatic carbocycles. The van der Waals surface area contributed by atoms with Gasteiger partial charge in [-0.1, -0.05) is 103 Å². The molecule has 0 atom stereocenters. The SMILES string of the molecule is Cc1ccc(C(=O)Cc2ccc(CC(=N)N)c(C)c2)cc1C#Cc1cnc2cccnn12.Cc1ccc(C(=O)Cc2ccc(CN3CCCC3)c(C)c2)cc1C#Cc1cnc2cccnn12.Cc1ccnc(CC(=O)c2ccc(C)c(C#Cc3cnc4c(NC5=NCCN5)cccn34)c2)c1.Cc1ccnc(NC(=O)c2ccc(C)c(C#Cc3cnc4c(N=C(N)N)cccn34)c2)c1. The molecule has 1 saturated heterocycles. The lowest BCUT2D eigenvalue weighted by molar-refractivity contribution is 0.0984. The van der Waals surface area contributed by atoms with Gasteiger partial charge in [0.15, 0.2) is 51.9 Å². The zero-order valence-corrected chi connectivity index (χ0v) is 74.4. The second kappa shape index (κ2) is 41.6. The predicted octanol–water partition coefficient (Wildman–Crippen LogP) is 14.9. The summed E-state index contributed by atoms with van der Waals surface area (Å²) in [6.45, 7) is 20.9. The number of nitrogens with zero attached hydrogens (tertiary/aromatic N) is 15. The van der Waals surface area contributed by atoms with Gasteiger partial charge in [0.25, 0.3) is 5.91 Å². The van der Waals surface area contributed by atoms with Crippen molar-refractivity contribution in [3.63, 3.8) is 0 Å². The molecule has 18 rings (SSSR count). The molecule has 10 N–H and O–H groups in total. The fourth-order valence-electron chi connectivity index (χ4n) is 15.0. The third-order valence-corrected chi connectivity index (χ3v) is 22.3. The second-order valence-electron chi connectivity index (χ2n) is 32.3. The predicted molar refractivity (Wildman–Crippen MR) is 517 cm³/mol. The zero-order valence-electron chi connectivity index (χ0n) is 74.4. The van der Waals surface area contributed by atoms with Crippen molar-refractivity contribution < 1.29 is 19.2 Å². The van der Waals surface area contributed by atoms with Gasteiger partial charge >= 0.3 is 0 Å². The van der Waals surface area contributed by atoms with Crippen LogP contribution < -0.4 is 33.2 Å². The summed E-state index contributed by atoms with van der Waals surface area (Å²) in [7, 11) is 0. The number of aryl methyl sites for hydroxylation is 8. The Morgan fingerprint density at radius 1 is 0.455 bits per heavy atom. The Morgan fingerprint density at radius 2 is 0.939 bits per heavy atom. The van der Waals surface area contributed by atoms with Crippen LogP contribution >= 0.6 is 0 Å². The third-order valence-electron chi connectivity index (χ3n) is 22.3. The Hall–Kier alpha value is -17.1. The number of amidine groups is 1. The summed E-state index contributed by atoms with van der Waals surface area (Å²) in [5.41, 5.74) is 42.8. The van der Waals surface area contributed by atoms with Crippen molar-refractivity contribution in [1.29, 1.82) is 5.41 Å². The van der Waals surface area contributed by atoms with Crippen molar-refractivity contribution in [3.8, 4) is 47.4 Å². The Kier molecular flexibility index (Phi) is 28.3. The van der Waals surface area contributed by atoms with Crippen LogP contribution in [0.5, 0.6) is 0 Å². The first-order chi connectivity index (χ1) is 63.9. The lowest BCUT2D eigenvalue weighted by Crippen LogP contribution is -2.26. The summed E-state index contributed by atoms with van der Waals surface area (Å²) in [5, 5.41) is 25.4. The molecule has 0 unspecified atom stereocenters. The number of amides is 1. The average molecular weight is 1740 g/mol. The van der Waals surface area contributed by atoms with Gasteiger partial charge in [0.2, 0.25) is 0 Å². The molecule has 0 saturated carbocycles. The lowest BCUT2D eigenvalue weighted by atomic mass is 9.96. The third kappa shape index (κ3) is 22.8. The minimum Gasteiger partial charge on any atom is -0.387 e. The van der Waals surface area contributed by atoms with E-state index in [0.29, 0.717) is 70.1 Å². The van der Waals surface area contributed by atoms with Gasteiger partial charge in [-0.25, -0.2) is 38.9 Å². The van der Waals surface area contributed by atoms with Gasteiger partial charge in [0.05, 0.1) is 49.3 Å². The molecule has 6 aromatic carbocycles. The molecule has 2 aliphatic rings. The Morgan fingerprint density at radius 3 is 1.45 bits per heavy atom. The largest absolute Gasteiger partial charge is 0.387 e. The molecule has 26 heteroatoms. The van der Waals surface area contributed by atoms with E-state index in [1.165, 1.54) is 37.1 Å².